The molecule has 3 nitrogen and oxygen atoms in total. The number of amides is 1. The summed E-state index contributed by atoms with van der Waals surface area (Å²) in [5, 5.41) is 3.27. The van der Waals surface area contributed by atoms with E-state index in [0.29, 0.717) is 6.04 Å². The third kappa shape index (κ3) is 2.20. The van der Waals surface area contributed by atoms with E-state index in [4.69, 9.17) is 5.73 Å². The van der Waals surface area contributed by atoms with Crippen molar-refractivity contribution in [3.8, 4) is 0 Å². The van der Waals surface area contributed by atoms with Crippen LogP contribution in [0.5, 0.6) is 0 Å². The van der Waals surface area contributed by atoms with Crippen molar-refractivity contribution in [3.63, 3.8) is 0 Å². The first kappa shape index (κ1) is 13.4. The van der Waals surface area contributed by atoms with Gasteiger partial charge in [0.15, 0.2) is 0 Å². The molecule has 3 fully saturated rings. The largest absolute Gasteiger partial charge is 0.352 e. The highest BCUT2D eigenvalue weighted by Crippen LogP contribution is 2.58. The Bertz CT molecular complexity index is 373. The minimum absolute atomic E-state index is 0.0552. The van der Waals surface area contributed by atoms with E-state index in [2.05, 4.69) is 5.32 Å². The zero-order valence-electron chi connectivity index (χ0n) is 12.5. The smallest absolute Gasteiger partial charge is 0.237 e. The lowest BCUT2D eigenvalue weighted by atomic mass is 9.78. The van der Waals surface area contributed by atoms with Crippen LogP contribution in [0.3, 0.4) is 0 Å². The van der Waals surface area contributed by atoms with Crippen molar-refractivity contribution < 1.29 is 4.79 Å². The summed E-state index contributed by atoms with van der Waals surface area (Å²) >= 11 is 0. The molecule has 0 aliphatic heterocycles. The fourth-order valence-corrected chi connectivity index (χ4v) is 4.90. The Morgan fingerprint density at radius 2 is 1.84 bits per heavy atom. The molecule has 2 bridgehead atoms. The maximum absolute atomic E-state index is 12.3. The van der Waals surface area contributed by atoms with Gasteiger partial charge in [-0.25, -0.2) is 0 Å². The van der Waals surface area contributed by atoms with Crippen molar-refractivity contribution in [2.75, 3.05) is 0 Å². The minimum atomic E-state index is -0.397. The number of fused-ring (bicyclic) bond motifs is 5. The van der Waals surface area contributed by atoms with Gasteiger partial charge in [-0.3, -0.25) is 4.79 Å². The molecule has 3 rings (SSSR count). The molecule has 0 saturated heterocycles. The van der Waals surface area contributed by atoms with Crippen LogP contribution in [0.15, 0.2) is 0 Å². The second-order valence-corrected chi connectivity index (χ2v) is 8.11. The van der Waals surface area contributed by atoms with E-state index >= 15 is 0 Å². The van der Waals surface area contributed by atoms with Gasteiger partial charge in [0.2, 0.25) is 5.91 Å². The highest BCUT2D eigenvalue weighted by atomic mass is 16.2. The lowest BCUT2D eigenvalue weighted by Gasteiger charge is -2.34. The molecule has 1 amide bonds. The molecule has 0 spiro atoms. The molecule has 6 atom stereocenters. The van der Waals surface area contributed by atoms with Gasteiger partial charge in [-0.15, -0.1) is 0 Å². The summed E-state index contributed by atoms with van der Waals surface area (Å²) in [6.45, 7) is 6.10. The van der Waals surface area contributed by atoms with Crippen molar-refractivity contribution >= 4 is 5.91 Å². The van der Waals surface area contributed by atoms with Gasteiger partial charge in [0, 0.05) is 6.04 Å². The third-order valence-corrected chi connectivity index (χ3v) is 5.97. The first-order chi connectivity index (χ1) is 8.88. The maximum atomic E-state index is 12.3. The lowest BCUT2D eigenvalue weighted by Crippen LogP contribution is -2.53. The monoisotopic (exact) mass is 264 g/mol. The van der Waals surface area contributed by atoms with Crippen LogP contribution in [-0.2, 0) is 4.79 Å². The number of carbonyl (C=O) groups is 1. The van der Waals surface area contributed by atoms with Gasteiger partial charge < -0.3 is 11.1 Å². The molecule has 3 saturated carbocycles. The quantitative estimate of drug-likeness (QED) is 0.804. The van der Waals surface area contributed by atoms with E-state index in [0.717, 1.165) is 23.7 Å². The van der Waals surface area contributed by atoms with Crippen molar-refractivity contribution in [1.82, 2.24) is 5.32 Å². The van der Waals surface area contributed by atoms with Gasteiger partial charge in [0.1, 0.15) is 0 Å². The Kier molecular flexibility index (Phi) is 3.16. The zero-order chi connectivity index (χ0) is 13.8. The first-order valence-electron chi connectivity index (χ1n) is 7.94. The van der Waals surface area contributed by atoms with Crippen molar-refractivity contribution in [2.24, 2.45) is 34.8 Å². The van der Waals surface area contributed by atoms with Crippen LogP contribution in [-0.4, -0.2) is 18.0 Å². The van der Waals surface area contributed by atoms with Crippen molar-refractivity contribution in [1.29, 1.82) is 0 Å². The number of nitrogens with one attached hydrogen (secondary N) is 1. The predicted molar refractivity (Wildman–Crippen MR) is 76.4 cm³/mol. The zero-order valence-corrected chi connectivity index (χ0v) is 12.5. The fourth-order valence-electron chi connectivity index (χ4n) is 4.90. The van der Waals surface area contributed by atoms with Gasteiger partial charge in [-0.05, 0) is 54.8 Å². The number of hydrogen-bond acceptors (Lipinski definition) is 2. The summed E-state index contributed by atoms with van der Waals surface area (Å²) in [7, 11) is 0. The summed E-state index contributed by atoms with van der Waals surface area (Å²) in [4.78, 5) is 12.3. The number of carbonyl (C=O) groups excluding carboxylic acids is 1. The van der Waals surface area contributed by atoms with Crippen molar-refractivity contribution in [2.45, 2.75) is 65.0 Å². The molecule has 0 aromatic rings. The molecule has 0 aromatic carbocycles. The van der Waals surface area contributed by atoms with Crippen LogP contribution in [0.2, 0.25) is 0 Å². The van der Waals surface area contributed by atoms with Crippen LogP contribution >= 0.6 is 0 Å². The highest BCUT2D eigenvalue weighted by Gasteiger charge is 2.54. The Balaban J connectivity index is 1.62. The molecule has 5 unspecified atom stereocenters. The standard InChI is InChI=1S/C16H28N2O/c1-16(2,3)14(17)15(19)18-13-8-9-7-12(13)11-6-4-5-10(9)11/h9-14H,4-8,17H2,1-3H3,(H,18,19)/t9?,10?,11?,12?,13?,14-/m1/s1. The summed E-state index contributed by atoms with van der Waals surface area (Å²) in [5.74, 6) is 3.56. The fraction of sp³-hybridized carbons (Fsp3) is 0.938. The Morgan fingerprint density at radius 3 is 2.53 bits per heavy atom. The Hall–Kier alpha value is -0.570. The van der Waals surface area contributed by atoms with E-state index in [1.54, 1.807) is 0 Å². The Morgan fingerprint density at radius 1 is 1.16 bits per heavy atom. The molecule has 0 radical (unpaired) electrons. The molecule has 108 valence electrons. The minimum Gasteiger partial charge on any atom is -0.352 e. The lowest BCUT2D eigenvalue weighted by molar-refractivity contribution is -0.125. The SMILES string of the molecule is CC(C)(C)[C@H](N)C(=O)NC1CC2CC1C1CCCC21. The molecule has 3 aliphatic carbocycles. The van der Waals surface area contributed by atoms with Gasteiger partial charge in [-0.1, -0.05) is 27.2 Å². The van der Waals surface area contributed by atoms with Crippen molar-refractivity contribution in [3.05, 3.63) is 0 Å². The molecule has 3 N–H and O–H groups in total. The van der Waals surface area contributed by atoms with Crippen LogP contribution in [0, 0.1) is 29.1 Å². The normalized spacial score (nSPS) is 42.2. The average Bonchev–Trinajstić information content (AvgIpc) is 2.97. The molecular weight excluding hydrogens is 236 g/mol. The highest BCUT2D eigenvalue weighted by molar-refractivity contribution is 5.82. The summed E-state index contributed by atoms with van der Waals surface area (Å²) in [6, 6.07) is 0.0104. The van der Waals surface area contributed by atoms with Crippen LogP contribution in [0.4, 0.5) is 0 Å². The second-order valence-electron chi connectivity index (χ2n) is 8.11. The summed E-state index contributed by atoms with van der Waals surface area (Å²) in [6.07, 6.45) is 6.79. The summed E-state index contributed by atoms with van der Waals surface area (Å²) in [5.41, 5.74) is 5.91. The molecule has 0 heterocycles. The summed E-state index contributed by atoms with van der Waals surface area (Å²) < 4.78 is 0. The molecule has 3 aliphatic rings. The molecule has 0 aromatic heterocycles. The predicted octanol–water partition coefficient (Wildman–Crippen LogP) is 2.30. The van der Waals surface area contributed by atoms with E-state index < -0.39 is 6.04 Å². The molecular formula is C16H28N2O. The van der Waals surface area contributed by atoms with Gasteiger partial charge in [0.25, 0.3) is 0 Å². The van der Waals surface area contributed by atoms with Crippen LogP contribution < -0.4 is 11.1 Å². The third-order valence-electron chi connectivity index (χ3n) is 5.97. The van der Waals surface area contributed by atoms with Gasteiger partial charge in [-0.2, -0.15) is 0 Å². The molecule has 19 heavy (non-hydrogen) atoms. The molecule has 3 heteroatoms. The number of nitrogens with two attached hydrogens (primary N) is 1. The van der Waals surface area contributed by atoms with Gasteiger partial charge >= 0.3 is 0 Å². The maximum Gasteiger partial charge on any atom is 0.237 e. The van der Waals surface area contributed by atoms with E-state index in [9.17, 15) is 4.79 Å². The van der Waals surface area contributed by atoms with Gasteiger partial charge in [0.05, 0.1) is 6.04 Å². The van der Waals surface area contributed by atoms with Crippen LogP contribution in [0.25, 0.3) is 0 Å². The number of hydrogen-bond donors (Lipinski definition) is 2. The average molecular weight is 264 g/mol. The second kappa shape index (κ2) is 4.47. The Labute approximate surface area is 116 Å². The van der Waals surface area contributed by atoms with E-state index in [1.165, 1.54) is 32.1 Å². The van der Waals surface area contributed by atoms with Crippen LogP contribution in [0.1, 0.15) is 52.9 Å². The van der Waals surface area contributed by atoms with E-state index in [1.807, 2.05) is 20.8 Å². The first-order valence-corrected chi connectivity index (χ1v) is 7.94. The number of rotatable bonds is 2. The van der Waals surface area contributed by atoms with E-state index in [-0.39, 0.29) is 11.3 Å². The topological polar surface area (TPSA) is 55.1 Å².